The van der Waals surface area contributed by atoms with E-state index in [9.17, 15) is 4.79 Å². The van der Waals surface area contributed by atoms with Gasteiger partial charge in [-0.1, -0.05) is 49.1 Å². The van der Waals surface area contributed by atoms with Crippen molar-refractivity contribution in [1.82, 2.24) is 0 Å². The quantitative estimate of drug-likeness (QED) is 0.792. The summed E-state index contributed by atoms with van der Waals surface area (Å²) in [6.07, 6.45) is 3.31. The van der Waals surface area contributed by atoms with Crippen LogP contribution in [0.25, 0.3) is 6.08 Å². The highest BCUT2D eigenvalue weighted by molar-refractivity contribution is 5.90. The van der Waals surface area contributed by atoms with Crippen LogP contribution in [-0.4, -0.2) is 11.6 Å². The van der Waals surface area contributed by atoms with Crippen LogP contribution < -0.4 is 0 Å². The molecule has 2 aromatic carbocycles. The summed E-state index contributed by atoms with van der Waals surface area (Å²) in [7, 11) is 0. The first-order valence-electron chi connectivity index (χ1n) is 7.12. The third-order valence-corrected chi connectivity index (χ3v) is 3.97. The van der Waals surface area contributed by atoms with E-state index in [2.05, 4.69) is 18.7 Å². The number of carbonyl (C=O) groups is 1. The van der Waals surface area contributed by atoms with Crippen LogP contribution in [0.2, 0.25) is 0 Å². The van der Waals surface area contributed by atoms with Crippen LogP contribution in [0, 0.1) is 0 Å². The van der Waals surface area contributed by atoms with E-state index in [4.69, 9.17) is 4.74 Å². The van der Waals surface area contributed by atoms with Gasteiger partial charge in [-0.15, -0.1) is 0 Å². The second-order valence-electron chi connectivity index (χ2n) is 5.79. The van der Waals surface area contributed by atoms with Crippen LogP contribution in [0.15, 0.2) is 55.1 Å². The zero-order chi connectivity index (χ0) is 14.9. The van der Waals surface area contributed by atoms with Gasteiger partial charge in [-0.3, -0.25) is 0 Å². The highest BCUT2D eigenvalue weighted by Crippen LogP contribution is 2.33. The zero-order valence-corrected chi connectivity index (χ0v) is 12.1. The first-order valence-corrected chi connectivity index (χ1v) is 7.12. The molecule has 1 aliphatic rings. The molecule has 2 heteroatoms. The maximum atomic E-state index is 12.3. The Labute approximate surface area is 125 Å². The standard InChI is InChI=1S/C19H18O2/c1-3-14-8-10-15(11-9-14)18(20)21-19(2)12-16-6-4-5-7-17(16)13-19/h3-11H,1,12-13H2,2H3. The monoisotopic (exact) mass is 278 g/mol. The Balaban J connectivity index is 1.74. The molecular formula is C19H18O2. The highest BCUT2D eigenvalue weighted by atomic mass is 16.6. The van der Waals surface area contributed by atoms with Crippen LogP contribution in [0.3, 0.4) is 0 Å². The van der Waals surface area contributed by atoms with Crippen molar-refractivity contribution in [2.24, 2.45) is 0 Å². The van der Waals surface area contributed by atoms with Gasteiger partial charge in [0, 0.05) is 12.8 Å². The van der Waals surface area contributed by atoms with E-state index in [1.54, 1.807) is 18.2 Å². The van der Waals surface area contributed by atoms with Crippen LogP contribution in [0.5, 0.6) is 0 Å². The Bertz CT molecular complexity index is 658. The van der Waals surface area contributed by atoms with Crippen LogP contribution in [0.4, 0.5) is 0 Å². The molecule has 0 aromatic heterocycles. The minimum absolute atomic E-state index is 0.263. The van der Waals surface area contributed by atoms with E-state index in [1.807, 2.05) is 31.2 Å². The van der Waals surface area contributed by atoms with Gasteiger partial charge in [0.05, 0.1) is 5.56 Å². The van der Waals surface area contributed by atoms with Crippen molar-refractivity contribution < 1.29 is 9.53 Å². The summed E-state index contributed by atoms with van der Waals surface area (Å²) in [5.74, 6) is -0.263. The van der Waals surface area contributed by atoms with E-state index in [1.165, 1.54) is 11.1 Å². The fourth-order valence-corrected chi connectivity index (χ4v) is 2.88. The van der Waals surface area contributed by atoms with Gasteiger partial charge in [-0.05, 0) is 35.7 Å². The lowest BCUT2D eigenvalue weighted by atomic mass is 10.0. The van der Waals surface area contributed by atoms with E-state index < -0.39 is 5.60 Å². The van der Waals surface area contributed by atoms with E-state index in [0.29, 0.717) is 5.56 Å². The summed E-state index contributed by atoms with van der Waals surface area (Å²) in [4.78, 5) is 12.3. The molecule has 3 rings (SSSR count). The van der Waals surface area contributed by atoms with Gasteiger partial charge in [-0.2, -0.15) is 0 Å². The van der Waals surface area contributed by atoms with Crippen molar-refractivity contribution in [2.75, 3.05) is 0 Å². The highest BCUT2D eigenvalue weighted by Gasteiger charge is 2.36. The Morgan fingerprint density at radius 1 is 1.10 bits per heavy atom. The molecule has 0 heterocycles. The maximum absolute atomic E-state index is 12.3. The minimum Gasteiger partial charge on any atom is -0.455 e. The Morgan fingerprint density at radius 3 is 2.19 bits per heavy atom. The van der Waals surface area contributed by atoms with E-state index in [0.717, 1.165) is 18.4 Å². The van der Waals surface area contributed by atoms with Crippen molar-refractivity contribution in [3.05, 3.63) is 77.4 Å². The minimum atomic E-state index is -0.447. The fourth-order valence-electron chi connectivity index (χ4n) is 2.88. The van der Waals surface area contributed by atoms with Crippen LogP contribution in [0.1, 0.15) is 34.0 Å². The Morgan fingerprint density at radius 2 is 1.67 bits per heavy atom. The molecule has 0 atom stereocenters. The average molecular weight is 278 g/mol. The second kappa shape index (κ2) is 5.21. The van der Waals surface area contributed by atoms with Gasteiger partial charge >= 0.3 is 5.97 Å². The first kappa shape index (κ1) is 13.6. The van der Waals surface area contributed by atoms with Gasteiger partial charge in [0.1, 0.15) is 5.60 Å². The third kappa shape index (κ3) is 2.75. The number of hydrogen-bond donors (Lipinski definition) is 0. The number of hydrogen-bond acceptors (Lipinski definition) is 2. The van der Waals surface area contributed by atoms with E-state index in [-0.39, 0.29) is 5.97 Å². The molecule has 0 bridgehead atoms. The molecular weight excluding hydrogens is 260 g/mol. The van der Waals surface area contributed by atoms with Crippen LogP contribution in [-0.2, 0) is 17.6 Å². The smallest absolute Gasteiger partial charge is 0.338 e. The van der Waals surface area contributed by atoms with Crippen molar-refractivity contribution in [3.8, 4) is 0 Å². The van der Waals surface area contributed by atoms with Crippen molar-refractivity contribution in [2.45, 2.75) is 25.4 Å². The van der Waals surface area contributed by atoms with Crippen molar-refractivity contribution >= 4 is 12.0 Å². The molecule has 0 N–H and O–H groups in total. The molecule has 2 nitrogen and oxygen atoms in total. The summed E-state index contributed by atoms with van der Waals surface area (Å²) in [5, 5.41) is 0. The van der Waals surface area contributed by atoms with Gasteiger partial charge in [-0.25, -0.2) is 4.79 Å². The molecule has 0 fully saturated rings. The number of esters is 1. The Kier molecular flexibility index (Phi) is 3.38. The van der Waals surface area contributed by atoms with Gasteiger partial charge < -0.3 is 4.74 Å². The van der Waals surface area contributed by atoms with Crippen LogP contribution >= 0.6 is 0 Å². The first-order chi connectivity index (χ1) is 10.1. The molecule has 0 spiro atoms. The lowest BCUT2D eigenvalue weighted by Crippen LogP contribution is -2.32. The summed E-state index contributed by atoms with van der Waals surface area (Å²) in [6, 6.07) is 15.6. The molecule has 0 unspecified atom stereocenters. The summed E-state index contributed by atoms with van der Waals surface area (Å²) >= 11 is 0. The summed E-state index contributed by atoms with van der Waals surface area (Å²) in [6.45, 7) is 5.71. The normalized spacial score (nSPS) is 15.3. The average Bonchev–Trinajstić information content (AvgIpc) is 2.82. The largest absolute Gasteiger partial charge is 0.455 e. The predicted octanol–water partition coefficient (Wildman–Crippen LogP) is 4.04. The number of benzene rings is 2. The molecule has 0 aliphatic heterocycles. The van der Waals surface area contributed by atoms with Crippen molar-refractivity contribution in [3.63, 3.8) is 0 Å². The third-order valence-electron chi connectivity index (χ3n) is 3.97. The van der Waals surface area contributed by atoms with Crippen molar-refractivity contribution in [1.29, 1.82) is 0 Å². The molecule has 21 heavy (non-hydrogen) atoms. The number of rotatable bonds is 3. The molecule has 1 aliphatic carbocycles. The second-order valence-corrected chi connectivity index (χ2v) is 5.79. The lowest BCUT2D eigenvalue weighted by Gasteiger charge is -2.24. The summed E-state index contributed by atoms with van der Waals surface area (Å²) < 4.78 is 5.78. The molecule has 0 saturated heterocycles. The SMILES string of the molecule is C=Cc1ccc(C(=O)OC2(C)Cc3ccccc3C2)cc1. The van der Waals surface area contributed by atoms with Gasteiger partial charge in [0.2, 0.25) is 0 Å². The fraction of sp³-hybridized carbons (Fsp3) is 0.211. The van der Waals surface area contributed by atoms with Gasteiger partial charge in [0.15, 0.2) is 0 Å². The number of fused-ring (bicyclic) bond motifs is 1. The molecule has 0 radical (unpaired) electrons. The van der Waals surface area contributed by atoms with Gasteiger partial charge in [0.25, 0.3) is 0 Å². The van der Waals surface area contributed by atoms with E-state index >= 15 is 0 Å². The number of carbonyl (C=O) groups excluding carboxylic acids is 1. The zero-order valence-electron chi connectivity index (χ0n) is 12.1. The molecule has 2 aromatic rings. The predicted molar refractivity (Wildman–Crippen MR) is 84.2 cm³/mol. The topological polar surface area (TPSA) is 26.3 Å². The number of ether oxygens (including phenoxy) is 1. The molecule has 0 amide bonds. The summed E-state index contributed by atoms with van der Waals surface area (Å²) in [5.41, 5.74) is 3.67. The Hall–Kier alpha value is -2.35. The lowest BCUT2D eigenvalue weighted by molar-refractivity contribution is -0.00452. The maximum Gasteiger partial charge on any atom is 0.338 e. The molecule has 0 saturated carbocycles. The molecule has 106 valence electrons.